The van der Waals surface area contributed by atoms with E-state index in [0.717, 1.165) is 0 Å². The Morgan fingerprint density at radius 3 is 2.32 bits per heavy atom. The van der Waals surface area contributed by atoms with E-state index in [1.807, 2.05) is 6.92 Å². The number of methoxy groups -OCH3 is 3. The number of amides is 1. The van der Waals surface area contributed by atoms with Gasteiger partial charge < -0.3 is 24.1 Å². The van der Waals surface area contributed by atoms with Crippen LogP contribution in [0.3, 0.4) is 0 Å². The van der Waals surface area contributed by atoms with Crippen molar-refractivity contribution >= 4 is 17.7 Å². The topological polar surface area (TPSA) is 101 Å². The van der Waals surface area contributed by atoms with Crippen molar-refractivity contribution < 1.29 is 28.8 Å². The van der Waals surface area contributed by atoms with Crippen molar-refractivity contribution in [2.24, 2.45) is 0 Å². The molecule has 4 rings (SSSR count). The maximum absolute atomic E-state index is 13.4. The Kier molecular flexibility index (Phi) is 6.64. The van der Waals surface area contributed by atoms with Crippen LogP contribution >= 0.6 is 11.8 Å². The van der Waals surface area contributed by atoms with Crippen LogP contribution in [0.15, 0.2) is 47.0 Å². The molecule has 1 saturated heterocycles. The summed E-state index contributed by atoms with van der Waals surface area (Å²) in [4.78, 5) is 14.8. The van der Waals surface area contributed by atoms with Gasteiger partial charge in [0.2, 0.25) is 11.7 Å². The number of nitrogens with zero attached hydrogens (tertiary/aromatic N) is 2. The van der Waals surface area contributed by atoms with Crippen LogP contribution in [0, 0.1) is 11.3 Å². The van der Waals surface area contributed by atoms with E-state index in [0.29, 0.717) is 51.3 Å². The zero-order valence-corrected chi connectivity index (χ0v) is 20.3. The molecule has 1 amide bonds. The Morgan fingerprint density at radius 2 is 1.79 bits per heavy atom. The predicted molar refractivity (Wildman–Crippen MR) is 127 cm³/mol. The predicted octanol–water partition coefficient (Wildman–Crippen LogP) is 3.75. The highest BCUT2D eigenvalue weighted by atomic mass is 32.2. The van der Waals surface area contributed by atoms with Crippen molar-refractivity contribution in [2.75, 3.05) is 33.7 Å². The lowest BCUT2D eigenvalue weighted by Crippen LogP contribution is -2.48. The first-order valence-electron chi connectivity index (χ1n) is 10.8. The van der Waals surface area contributed by atoms with Gasteiger partial charge >= 0.3 is 0 Å². The number of hydrogen-bond donors (Lipinski definition) is 1. The van der Waals surface area contributed by atoms with E-state index in [1.165, 1.54) is 38.0 Å². The molecule has 0 aliphatic carbocycles. The summed E-state index contributed by atoms with van der Waals surface area (Å²) in [6, 6.07) is 12.8. The van der Waals surface area contributed by atoms with E-state index >= 15 is 0 Å². The van der Waals surface area contributed by atoms with E-state index in [1.54, 1.807) is 36.4 Å². The number of aliphatic hydroxyl groups is 1. The summed E-state index contributed by atoms with van der Waals surface area (Å²) in [5, 5.41) is 22.2. The second kappa shape index (κ2) is 9.49. The lowest BCUT2D eigenvalue weighted by atomic mass is 9.85. The fourth-order valence-corrected chi connectivity index (χ4v) is 5.77. The molecule has 0 bridgehead atoms. The number of carbonyl (C=O) groups excluding carboxylic acids is 1. The normalized spacial score (nSPS) is 21.7. The molecule has 9 heteroatoms. The van der Waals surface area contributed by atoms with Crippen LogP contribution in [0.1, 0.15) is 30.4 Å². The van der Waals surface area contributed by atoms with Crippen molar-refractivity contribution in [2.45, 2.75) is 25.0 Å². The highest BCUT2D eigenvalue weighted by Crippen LogP contribution is 2.53. The fourth-order valence-electron chi connectivity index (χ4n) is 4.41. The molecular weight excluding hydrogens is 456 g/mol. The van der Waals surface area contributed by atoms with Gasteiger partial charge in [-0.2, -0.15) is 5.26 Å². The number of allylic oxidation sites excluding steroid dienone is 1. The molecule has 2 heterocycles. The summed E-state index contributed by atoms with van der Waals surface area (Å²) in [7, 11) is 4.55. The van der Waals surface area contributed by atoms with Crippen LogP contribution in [0.2, 0.25) is 0 Å². The van der Waals surface area contributed by atoms with Crippen molar-refractivity contribution in [3.05, 3.63) is 58.1 Å². The van der Waals surface area contributed by atoms with Gasteiger partial charge in [0, 0.05) is 17.9 Å². The van der Waals surface area contributed by atoms with Crippen LogP contribution in [0.25, 0.3) is 0 Å². The summed E-state index contributed by atoms with van der Waals surface area (Å²) in [5.74, 6) is 1.44. The molecule has 2 aliphatic heterocycles. The molecule has 178 valence electrons. The van der Waals surface area contributed by atoms with Crippen LogP contribution in [-0.4, -0.2) is 49.6 Å². The lowest BCUT2D eigenvalue weighted by Gasteiger charge is -2.38. The minimum Gasteiger partial charge on any atom is -0.494 e. The van der Waals surface area contributed by atoms with Crippen LogP contribution in [-0.2, 0) is 10.5 Å². The molecule has 2 atom stereocenters. The number of thioether (sulfide) groups is 1. The average Bonchev–Trinajstić information content (AvgIpc) is 3.22. The Hall–Kier alpha value is -3.35. The average molecular weight is 483 g/mol. The van der Waals surface area contributed by atoms with Gasteiger partial charge in [0.15, 0.2) is 17.2 Å². The maximum atomic E-state index is 13.4. The second-order valence-electron chi connectivity index (χ2n) is 7.84. The minimum atomic E-state index is -1.55. The molecule has 1 N–H and O–H groups in total. The summed E-state index contributed by atoms with van der Waals surface area (Å²) in [6.07, 6.45) is 0.0188. The van der Waals surface area contributed by atoms with E-state index in [-0.39, 0.29) is 18.1 Å². The molecular formula is C25H26N2O6S. The van der Waals surface area contributed by atoms with Gasteiger partial charge in [-0.05, 0) is 36.8 Å². The highest BCUT2D eigenvalue weighted by Gasteiger charge is 2.52. The molecule has 0 aromatic heterocycles. The van der Waals surface area contributed by atoms with Crippen molar-refractivity contribution in [1.82, 2.24) is 4.90 Å². The standard InChI is InChI=1S/C25H26N2O6S/c1-5-33-17-8-6-16(7-9-17)25(29)14-34-24-19(13-26)18(12-22(28)27(24)25)15-10-20(30-2)23(32-4)21(11-15)31-3/h6-11,18,29H,5,12,14H2,1-4H3. The largest absolute Gasteiger partial charge is 0.494 e. The molecule has 0 radical (unpaired) electrons. The van der Waals surface area contributed by atoms with Crippen molar-refractivity contribution in [3.63, 3.8) is 0 Å². The molecule has 2 aliphatic rings. The van der Waals surface area contributed by atoms with E-state index in [4.69, 9.17) is 18.9 Å². The molecule has 34 heavy (non-hydrogen) atoms. The van der Waals surface area contributed by atoms with Crippen LogP contribution < -0.4 is 18.9 Å². The molecule has 0 saturated carbocycles. The summed E-state index contributed by atoms with van der Waals surface area (Å²) in [6.45, 7) is 2.43. The molecule has 2 aromatic carbocycles. The van der Waals surface area contributed by atoms with Gasteiger partial charge in [0.1, 0.15) is 5.75 Å². The highest BCUT2D eigenvalue weighted by molar-refractivity contribution is 8.03. The van der Waals surface area contributed by atoms with Crippen LogP contribution in [0.4, 0.5) is 0 Å². The van der Waals surface area contributed by atoms with Gasteiger partial charge in [0.05, 0.1) is 50.4 Å². The first-order chi connectivity index (χ1) is 16.4. The van der Waals surface area contributed by atoms with Gasteiger partial charge in [0.25, 0.3) is 0 Å². The minimum absolute atomic E-state index is 0.0188. The second-order valence-corrected chi connectivity index (χ2v) is 8.80. The number of rotatable bonds is 7. The quantitative estimate of drug-likeness (QED) is 0.637. The number of ether oxygens (including phenoxy) is 4. The van der Waals surface area contributed by atoms with Gasteiger partial charge in [-0.25, -0.2) is 0 Å². The third-order valence-electron chi connectivity index (χ3n) is 6.03. The monoisotopic (exact) mass is 482 g/mol. The molecule has 8 nitrogen and oxygen atoms in total. The van der Waals surface area contributed by atoms with Gasteiger partial charge in [-0.15, -0.1) is 11.8 Å². The summed E-state index contributed by atoms with van der Waals surface area (Å²) in [5.41, 5.74) is 0.129. The van der Waals surface area contributed by atoms with E-state index < -0.39 is 11.6 Å². The van der Waals surface area contributed by atoms with E-state index in [2.05, 4.69) is 6.07 Å². The smallest absolute Gasteiger partial charge is 0.231 e. The van der Waals surface area contributed by atoms with Crippen molar-refractivity contribution in [1.29, 1.82) is 5.26 Å². The zero-order chi connectivity index (χ0) is 24.5. The van der Waals surface area contributed by atoms with Gasteiger partial charge in [-0.1, -0.05) is 12.1 Å². The number of fused-ring (bicyclic) bond motifs is 1. The Balaban J connectivity index is 1.77. The molecule has 1 fully saturated rings. The van der Waals surface area contributed by atoms with Crippen molar-refractivity contribution in [3.8, 4) is 29.1 Å². The Morgan fingerprint density at radius 1 is 1.15 bits per heavy atom. The fraction of sp³-hybridized carbons (Fsp3) is 0.360. The Bertz CT molecular complexity index is 1150. The third kappa shape index (κ3) is 3.83. The number of nitriles is 1. The maximum Gasteiger partial charge on any atom is 0.231 e. The zero-order valence-electron chi connectivity index (χ0n) is 19.5. The number of hydrogen-bond acceptors (Lipinski definition) is 8. The molecule has 2 aromatic rings. The van der Waals surface area contributed by atoms with E-state index in [9.17, 15) is 15.2 Å². The van der Waals surface area contributed by atoms with Gasteiger partial charge in [-0.3, -0.25) is 9.69 Å². The first-order valence-corrected chi connectivity index (χ1v) is 11.8. The lowest BCUT2D eigenvalue weighted by molar-refractivity contribution is -0.149. The number of carbonyl (C=O) groups is 1. The number of benzene rings is 2. The SMILES string of the molecule is CCOc1ccc(C2(O)CSC3=C(C#N)C(c4cc(OC)c(OC)c(OC)c4)CC(=O)N32)cc1. The van der Waals surface area contributed by atoms with Crippen LogP contribution in [0.5, 0.6) is 23.0 Å². The summed E-state index contributed by atoms with van der Waals surface area (Å²) < 4.78 is 21.8. The third-order valence-corrected chi connectivity index (χ3v) is 7.25. The first kappa shape index (κ1) is 23.8. The Labute approximate surface area is 202 Å². The molecule has 2 unspecified atom stereocenters. The summed E-state index contributed by atoms with van der Waals surface area (Å²) >= 11 is 1.30. The molecule has 0 spiro atoms.